The zero-order chi connectivity index (χ0) is 20.9. The third-order valence-corrected chi connectivity index (χ3v) is 7.61. The van der Waals surface area contributed by atoms with E-state index in [1.165, 1.54) is 9.79 Å². The van der Waals surface area contributed by atoms with Crippen LogP contribution in [-0.4, -0.2) is 11.6 Å². The van der Waals surface area contributed by atoms with Crippen LogP contribution in [0.5, 0.6) is 0 Å². The highest BCUT2D eigenvalue weighted by Crippen LogP contribution is 2.52. The van der Waals surface area contributed by atoms with Crippen LogP contribution in [0.4, 0.5) is 16.4 Å². The van der Waals surface area contributed by atoms with Crippen LogP contribution in [0, 0.1) is 0 Å². The highest BCUT2D eigenvalue weighted by molar-refractivity contribution is 7.99. The van der Waals surface area contributed by atoms with Crippen molar-refractivity contribution in [2.24, 2.45) is 0 Å². The summed E-state index contributed by atoms with van der Waals surface area (Å²) in [6.45, 7) is 0. The number of rotatable bonds is 2. The lowest BCUT2D eigenvalue weighted by Crippen LogP contribution is -2.13. The van der Waals surface area contributed by atoms with Crippen LogP contribution < -0.4 is 4.90 Å². The number of anilines is 3. The Bertz CT molecular complexity index is 1330. The number of Topliss-reactive ketones (excluding diaryl/α,β-unsaturated/α-hetero) is 2. The van der Waals surface area contributed by atoms with Gasteiger partial charge in [-0.2, -0.15) is 0 Å². The van der Waals surface area contributed by atoms with Crippen LogP contribution in [0.2, 0.25) is 0 Å². The van der Waals surface area contributed by atoms with Gasteiger partial charge in [-0.15, -0.1) is 11.3 Å². The van der Waals surface area contributed by atoms with Crippen LogP contribution in [0.1, 0.15) is 25.6 Å². The van der Waals surface area contributed by atoms with Crippen molar-refractivity contribution in [2.45, 2.75) is 9.79 Å². The first-order valence-corrected chi connectivity index (χ1v) is 11.5. The van der Waals surface area contributed by atoms with Crippen molar-refractivity contribution in [1.82, 2.24) is 0 Å². The third-order valence-electron chi connectivity index (χ3n) is 5.46. The van der Waals surface area contributed by atoms with Crippen LogP contribution in [0.3, 0.4) is 0 Å². The Morgan fingerprint density at radius 3 is 1.81 bits per heavy atom. The molecule has 0 bridgehead atoms. The van der Waals surface area contributed by atoms with Gasteiger partial charge in [0.2, 0.25) is 0 Å². The van der Waals surface area contributed by atoms with Crippen molar-refractivity contribution in [3.05, 3.63) is 107 Å². The minimum absolute atomic E-state index is 0.194. The van der Waals surface area contributed by atoms with Gasteiger partial charge in [0.05, 0.1) is 16.9 Å². The molecule has 1 aliphatic heterocycles. The number of allylic oxidation sites excluding steroid dienone is 1. The maximum Gasteiger partial charge on any atom is 0.197 e. The van der Waals surface area contributed by atoms with Gasteiger partial charge in [-0.25, -0.2) is 0 Å². The van der Waals surface area contributed by atoms with Crippen LogP contribution in [0.25, 0.3) is 6.08 Å². The molecule has 2 aliphatic rings. The molecule has 31 heavy (non-hydrogen) atoms. The second-order valence-corrected chi connectivity index (χ2v) is 9.49. The molecular weight excluding hydrogens is 422 g/mol. The summed E-state index contributed by atoms with van der Waals surface area (Å²) in [6, 6.07) is 27.7. The summed E-state index contributed by atoms with van der Waals surface area (Å²) in [4.78, 5) is 31.0. The Kier molecular flexibility index (Phi) is 4.19. The molecule has 1 aliphatic carbocycles. The number of hydrogen-bond donors (Lipinski definition) is 0. The number of benzene rings is 3. The molecule has 148 valence electrons. The van der Waals surface area contributed by atoms with Crippen molar-refractivity contribution in [3.8, 4) is 0 Å². The van der Waals surface area contributed by atoms with Gasteiger partial charge in [0.25, 0.3) is 0 Å². The Balaban J connectivity index is 1.43. The first kappa shape index (κ1) is 18.4. The van der Waals surface area contributed by atoms with Crippen molar-refractivity contribution in [2.75, 3.05) is 4.90 Å². The van der Waals surface area contributed by atoms with E-state index in [4.69, 9.17) is 0 Å². The normalized spacial score (nSPS) is 14.3. The molecule has 0 atom stereocenters. The summed E-state index contributed by atoms with van der Waals surface area (Å²) >= 11 is 3.34. The highest BCUT2D eigenvalue weighted by atomic mass is 32.2. The summed E-state index contributed by atoms with van der Waals surface area (Å²) in [5, 5.41) is 1.04. The standard InChI is InChI=1S/C26H15NO2S2/c28-25-17-7-1-2-8-18(17)26(29)19(25)15-16-13-14-24(30-16)27-20-9-3-5-11-22(20)31-23-12-6-4-10-21(23)27/h1-15H. The van der Waals surface area contributed by atoms with Crippen LogP contribution >= 0.6 is 23.1 Å². The van der Waals surface area contributed by atoms with E-state index in [2.05, 4.69) is 47.4 Å². The van der Waals surface area contributed by atoms with E-state index in [0.29, 0.717) is 11.1 Å². The van der Waals surface area contributed by atoms with Gasteiger partial charge < -0.3 is 0 Å². The van der Waals surface area contributed by atoms with Crippen molar-refractivity contribution >= 4 is 57.1 Å². The van der Waals surface area contributed by atoms with E-state index < -0.39 is 0 Å². The summed E-state index contributed by atoms with van der Waals surface area (Å²) < 4.78 is 0. The number of carbonyl (C=O) groups is 2. The molecule has 0 radical (unpaired) electrons. The molecule has 0 unspecified atom stereocenters. The molecule has 6 rings (SSSR count). The van der Waals surface area contributed by atoms with Gasteiger partial charge >= 0.3 is 0 Å². The summed E-state index contributed by atoms with van der Waals surface area (Å²) in [7, 11) is 0. The van der Waals surface area contributed by atoms with Crippen molar-refractivity contribution in [1.29, 1.82) is 0 Å². The van der Waals surface area contributed by atoms with E-state index in [1.807, 2.05) is 18.2 Å². The maximum absolute atomic E-state index is 12.7. The second kappa shape index (κ2) is 7.08. The van der Waals surface area contributed by atoms with Gasteiger partial charge in [0, 0.05) is 25.8 Å². The summed E-state index contributed by atoms with van der Waals surface area (Å²) in [5.41, 5.74) is 3.49. The lowest BCUT2D eigenvalue weighted by molar-refractivity contribution is 0.0990. The maximum atomic E-state index is 12.7. The fourth-order valence-corrected chi connectivity index (χ4v) is 6.06. The average Bonchev–Trinajstić information content (AvgIpc) is 3.36. The fraction of sp³-hybridized carbons (Fsp3) is 0. The molecule has 0 saturated carbocycles. The molecule has 3 nitrogen and oxygen atoms in total. The van der Waals surface area contributed by atoms with E-state index in [0.717, 1.165) is 21.3 Å². The van der Waals surface area contributed by atoms with E-state index in [1.54, 1.807) is 53.4 Å². The minimum Gasteiger partial charge on any atom is -0.300 e. The van der Waals surface area contributed by atoms with Crippen LogP contribution in [-0.2, 0) is 0 Å². The third kappa shape index (κ3) is 2.89. The Morgan fingerprint density at radius 2 is 1.19 bits per heavy atom. The number of carbonyl (C=O) groups excluding carboxylic acids is 2. The van der Waals surface area contributed by atoms with Crippen LogP contribution in [0.15, 0.2) is 100 Å². The largest absolute Gasteiger partial charge is 0.300 e. The van der Waals surface area contributed by atoms with E-state index >= 15 is 0 Å². The molecule has 2 heterocycles. The molecule has 4 aromatic rings. The Morgan fingerprint density at radius 1 is 0.645 bits per heavy atom. The minimum atomic E-state index is -0.194. The Labute approximate surface area is 187 Å². The molecule has 0 N–H and O–H groups in total. The predicted molar refractivity (Wildman–Crippen MR) is 126 cm³/mol. The Hall–Kier alpha value is -3.41. The topological polar surface area (TPSA) is 37.4 Å². The SMILES string of the molecule is O=C1C(=Cc2ccc(N3c4ccccc4Sc4ccccc43)s2)C(=O)c2ccccc21. The quantitative estimate of drug-likeness (QED) is 0.217. The number of para-hydroxylation sites is 2. The average molecular weight is 438 g/mol. The van der Waals surface area contributed by atoms with E-state index in [-0.39, 0.29) is 17.1 Å². The molecule has 3 aromatic carbocycles. The van der Waals surface area contributed by atoms with Gasteiger partial charge in [-0.1, -0.05) is 60.3 Å². The second-order valence-electron chi connectivity index (χ2n) is 7.31. The van der Waals surface area contributed by atoms with Gasteiger partial charge in [0.15, 0.2) is 11.6 Å². The molecule has 0 amide bonds. The molecule has 5 heteroatoms. The number of thiophene rings is 1. The zero-order valence-electron chi connectivity index (χ0n) is 16.2. The fourth-order valence-electron chi connectivity index (χ4n) is 4.03. The highest BCUT2D eigenvalue weighted by Gasteiger charge is 2.33. The zero-order valence-corrected chi connectivity index (χ0v) is 17.9. The summed E-state index contributed by atoms with van der Waals surface area (Å²) in [5.74, 6) is -0.388. The number of nitrogens with zero attached hydrogens (tertiary/aromatic N) is 1. The van der Waals surface area contributed by atoms with Crippen molar-refractivity contribution in [3.63, 3.8) is 0 Å². The van der Waals surface area contributed by atoms with Gasteiger partial charge in [-0.3, -0.25) is 14.5 Å². The first-order chi connectivity index (χ1) is 15.2. The van der Waals surface area contributed by atoms with Gasteiger partial charge in [0.1, 0.15) is 5.00 Å². The lowest BCUT2D eigenvalue weighted by atomic mass is 10.1. The molecule has 0 saturated heterocycles. The number of ketones is 2. The summed E-state index contributed by atoms with van der Waals surface area (Å²) in [6.07, 6.45) is 1.73. The molecule has 1 aromatic heterocycles. The smallest absolute Gasteiger partial charge is 0.197 e. The van der Waals surface area contributed by atoms with Crippen molar-refractivity contribution < 1.29 is 9.59 Å². The predicted octanol–water partition coefficient (Wildman–Crippen LogP) is 7.15. The monoisotopic (exact) mass is 437 g/mol. The molecule has 0 spiro atoms. The molecule has 0 fully saturated rings. The van der Waals surface area contributed by atoms with Gasteiger partial charge in [-0.05, 0) is 42.5 Å². The number of fused-ring (bicyclic) bond motifs is 3. The molecular formula is C26H15NO2S2. The van der Waals surface area contributed by atoms with E-state index in [9.17, 15) is 9.59 Å². The lowest BCUT2D eigenvalue weighted by Gasteiger charge is -2.31. The number of hydrogen-bond acceptors (Lipinski definition) is 5. The first-order valence-electron chi connectivity index (χ1n) is 9.87.